The molecule has 1 aromatic carbocycles. The first-order valence-electron chi connectivity index (χ1n) is 6.75. The van der Waals surface area contributed by atoms with Gasteiger partial charge in [-0.1, -0.05) is 19.1 Å². The fraction of sp³-hybridized carbons (Fsp3) is 0.429. The van der Waals surface area contributed by atoms with Crippen molar-refractivity contribution < 1.29 is 22.7 Å². The Morgan fingerprint density at radius 1 is 1.38 bits per heavy atom. The van der Waals surface area contributed by atoms with Gasteiger partial charge in [-0.3, -0.25) is 9.59 Å². The lowest BCUT2D eigenvalue weighted by Crippen LogP contribution is -2.33. The summed E-state index contributed by atoms with van der Waals surface area (Å²) in [6.45, 7) is 1.70. The molecule has 21 heavy (non-hydrogen) atoms. The van der Waals surface area contributed by atoms with Gasteiger partial charge in [-0.15, -0.1) is 0 Å². The van der Waals surface area contributed by atoms with Gasteiger partial charge in [0, 0.05) is 0 Å². The van der Waals surface area contributed by atoms with Gasteiger partial charge in [0.25, 0.3) is 15.9 Å². The van der Waals surface area contributed by atoms with Crippen molar-refractivity contribution in [2.75, 3.05) is 13.2 Å². The summed E-state index contributed by atoms with van der Waals surface area (Å²) in [5.41, 5.74) is 0.166. The fourth-order valence-corrected chi connectivity index (χ4v) is 3.99. The van der Waals surface area contributed by atoms with Gasteiger partial charge in [0.1, 0.15) is 11.5 Å². The maximum atomic E-state index is 12.2. The third-order valence-corrected chi connectivity index (χ3v) is 5.70. The van der Waals surface area contributed by atoms with E-state index in [0.717, 1.165) is 10.7 Å². The Morgan fingerprint density at radius 3 is 2.67 bits per heavy atom. The number of hydrogen-bond acceptors (Lipinski definition) is 5. The average Bonchev–Trinajstić information content (AvgIpc) is 3.15. The van der Waals surface area contributed by atoms with E-state index in [1.165, 1.54) is 12.1 Å². The SMILES string of the molecule is C[C@H]1C[C@@H]1C(=O)OCCN1C(=O)c2ccccc2S1(=O)=O. The second kappa shape index (κ2) is 4.84. The van der Waals surface area contributed by atoms with Gasteiger partial charge in [-0.2, -0.15) is 0 Å². The van der Waals surface area contributed by atoms with Crippen molar-refractivity contribution in [3.63, 3.8) is 0 Å². The highest BCUT2D eigenvalue weighted by Crippen LogP contribution is 2.38. The van der Waals surface area contributed by atoms with Crippen molar-refractivity contribution in [3.8, 4) is 0 Å². The van der Waals surface area contributed by atoms with Gasteiger partial charge in [0.15, 0.2) is 0 Å². The number of nitrogens with zero attached hydrogens (tertiary/aromatic N) is 1. The first kappa shape index (κ1) is 14.1. The molecule has 0 N–H and O–H groups in total. The van der Waals surface area contributed by atoms with Crippen LogP contribution in [0.25, 0.3) is 0 Å². The normalized spacial score (nSPS) is 25.6. The monoisotopic (exact) mass is 309 g/mol. The van der Waals surface area contributed by atoms with Crippen LogP contribution in [0.1, 0.15) is 23.7 Å². The summed E-state index contributed by atoms with van der Waals surface area (Å²) in [7, 11) is -3.82. The van der Waals surface area contributed by atoms with Crippen LogP contribution in [-0.4, -0.2) is 37.8 Å². The van der Waals surface area contributed by atoms with Gasteiger partial charge < -0.3 is 4.74 Å². The molecule has 2 aliphatic rings. The lowest BCUT2D eigenvalue weighted by molar-refractivity contribution is -0.145. The Kier molecular flexibility index (Phi) is 3.24. The molecule has 0 spiro atoms. The van der Waals surface area contributed by atoms with Crippen molar-refractivity contribution in [2.45, 2.75) is 18.2 Å². The predicted octanol–water partition coefficient (Wildman–Crippen LogP) is 1.03. The van der Waals surface area contributed by atoms with Crippen molar-refractivity contribution in [1.82, 2.24) is 4.31 Å². The van der Waals surface area contributed by atoms with Crippen molar-refractivity contribution >= 4 is 21.9 Å². The lowest BCUT2D eigenvalue weighted by Gasteiger charge is -2.14. The van der Waals surface area contributed by atoms with Gasteiger partial charge >= 0.3 is 5.97 Å². The van der Waals surface area contributed by atoms with Crippen LogP contribution in [0, 0.1) is 11.8 Å². The zero-order chi connectivity index (χ0) is 15.2. The van der Waals surface area contributed by atoms with Crippen LogP contribution in [0.15, 0.2) is 29.2 Å². The number of fused-ring (bicyclic) bond motifs is 1. The standard InChI is InChI=1S/C14H15NO5S/c1-9-8-11(9)14(17)20-7-6-15-13(16)10-4-2-3-5-12(10)21(15,18)19/h2-5,9,11H,6-8H2,1H3/t9-,11-/m0/s1. The minimum Gasteiger partial charge on any atom is -0.464 e. The van der Waals surface area contributed by atoms with Crippen molar-refractivity contribution in [2.24, 2.45) is 11.8 Å². The topological polar surface area (TPSA) is 80.8 Å². The summed E-state index contributed by atoms with van der Waals surface area (Å²) in [5, 5.41) is 0. The Hall–Kier alpha value is -1.89. The van der Waals surface area contributed by atoms with E-state index in [-0.39, 0.29) is 35.5 Å². The first-order chi connectivity index (χ1) is 9.93. The fourth-order valence-electron chi connectivity index (χ4n) is 2.44. The van der Waals surface area contributed by atoms with Crippen LogP contribution in [-0.2, 0) is 19.6 Å². The Balaban J connectivity index is 1.67. The zero-order valence-corrected chi connectivity index (χ0v) is 12.3. The third-order valence-electron chi connectivity index (χ3n) is 3.86. The van der Waals surface area contributed by atoms with Gasteiger partial charge in [0.05, 0.1) is 18.0 Å². The largest absolute Gasteiger partial charge is 0.464 e. The van der Waals surface area contributed by atoms with Crippen LogP contribution < -0.4 is 0 Å². The van der Waals surface area contributed by atoms with E-state index in [1.807, 2.05) is 6.92 Å². The molecule has 1 amide bonds. The summed E-state index contributed by atoms with van der Waals surface area (Å²) >= 11 is 0. The molecule has 1 heterocycles. The minimum absolute atomic E-state index is 0.0112. The molecule has 2 atom stereocenters. The molecule has 7 heteroatoms. The number of hydrogen-bond donors (Lipinski definition) is 0. The highest BCUT2D eigenvalue weighted by atomic mass is 32.2. The molecule has 0 aromatic heterocycles. The average molecular weight is 309 g/mol. The smallest absolute Gasteiger partial charge is 0.309 e. The summed E-state index contributed by atoms with van der Waals surface area (Å²) in [6, 6.07) is 6.07. The van der Waals surface area contributed by atoms with Crippen LogP contribution in [0.5, 0.6) is 0 Å². The number of rotatable bonds is 4. The Bertz CT molecular complexity index is 712. The van der Waals surface area contributed by atoms with Gasteiger partial charge in [-0.25, -0.2) is 12.7 Å². The summed E-state index contributed by atoms with van der Waals surface area (Å²) in [6.07, 6.45) is 0.811. The van der Waals surface area contributed by atoms with E-state index in [0.29, 0.717) is 5.92 Å². The van der Waals surface area contributed by atoms with Crippen LogP contribution >= 0.6 is 0 Å². The number of amides is 1. The summed E-state index contributed by atoms with van der Waals surface area (Å²) in [4.78, 5) is 23.7. The van der Waals surface area contributed by atoms with Gasteiger partial charge in [-0.05, 0) is 24.5 Å². The molecule has 1 saturated carbocycles. The molecule has 0 radical (unpaired) electrons. The van der Waals surface area contributed by atoms with Crippen molar-refractivity contribution in [3.05, 3.63) is 29.8 Å². The quantitative estimate of drug-likeness (QED) is 0.776. The Morgan fingerprint density at radius 2 is 2.05 bits per heavy atom. The van der Waals surface area contributed by atoms with Crippen LogP contribution in [0.3, 0.4) is 0 Å². The van der Waals surface area contributed by atoms with Crippen LogP contribution in [0.2, 0.25) is 0 Å². The molecule has 3 rings (SSSR count). The molecule has 0 saturated heterocycles. The summed E-state index contributed by atoms with van der Waals surface area (Å²) < 4.78 is 30.3. The third kappa shape index (κ3) is 2.31. The van der Waals surface area contributed by atoms with E-state index in [9.17, 15) is 18.0 Å². The molecule has 1 aromatic rings. The number of ether oxygens (including phenoxy) is 1. The van der Waals surface area contributed by atoms with Crippen LogP contribution in [0.4, 0.5) is 0 Å². The maximum absolute atomic E-state index is 12.2. The van der Waals surface area contributed by atoms with E-state index in [4.69, 9.17) is 4.74 Å². The number of esters is 1. The molecule has 6 nitrogen and oxygen atoms in total. The maximum Gasteiger partial charge on any atom is 0.309 e. The van der Waals surface area contributed by atoms with E-state index in [2.05, 4.69) is 0 Å². The van der Waals surface area contributed by atoms with E-state index < -0.39 is 15.9 Å². The lowest BCUT2D eigenvalue weighted by atomic mass is 10.2. The van der Waals surface area contributed by atoms with E-state index in [1.54, 1.807) is 12.1 Å². The van der Waals surface area contributed by atoms with Crippen molar-refractivity contribution in [1.29, 1.82) is 0 Å². The molecule has 0 unspecified atom stereocenters. The van der Waals surface area contributed by atoms with E-state index >= 15 is 0 Å². The number of carbonyl (C=O) groups is 2. The second-order valence-corrected chi connectivity index (χ2v) is 7.20. The molecule has 112 valence electrons. The first-order valence-corrected chi connectivity index (χ1v) is 8.19. The highest BCUT2D eigenvalue weighted by molar-refractivity contribution is 7.90. The number of sulfonamides is 1. The number of carbonyl (C=O) groups excluding carboxylic acids is 2. The molecular formula is C14H15NO5S. The van der Waals surface area contributed by atoms with Gasteiger partial charge in [0.2, 0.25) is 0 Å². The Labute approximate surface area is 122 Å². The predicted molar refractivity (Wildman–Crippen MR) is 72.9 cm³/mol. The molecule has 1 aliphatic carbocycles. The second-order valence-electron chi connectivity index (χ2n) is 5.37. The zero-order valence-electron chi connectivity index (χ0n) is 11.5. The minimum atomic E-state index is -3.82. The summed E-state index contributed by atoms with van der Waals surface area (Å²) in [5.74, 6) is -0.627. The molecule has 0 bridgehead atoms. The molecule has 1 fully saturated rings. The number of benzene rings is 1. The molecule has 1 aliphatic heterocycles. The highest BCUT2D eigenvalue weighted by Gasteiger charge is 2.42. The molecular weight excluding hydrogens is 294 g/mol.